The van der Waals surface area contributed by atoms with Gasteiger partial charge in [-0.05, 0) is 55.2 Å². The summed E-state index contributed by atoms with van der Waals surface area (Å²) in [5.74, 6) is 0.494. The molecule has 0 spiro atoms. The zero-order valence-corrected chi connectivity index (χ0v) is 19.2. The van der Waals surface area contributed by atoms with Gasteiger partial charge in [0.1, 0.15) is 5.82 Å². The van der Waals surface area contributed by atoms with Gasteiger partial charge in [-0.2, -0.15) is 5.10 Å². The molecule has 0 aliphatic carbocycles. The lowest BCUT2D eigenvalue weighted by molar-refractivity contribution is 0.607. The van der Waals surface area contributed by atoms with Crippen molar-refractivity contribution in [2.75, 3.05) is 13.6 Å². The van der Waals surface area contributed by atoms with Gasteiger partial charge < -0.3 is 10.6 Å². The minimum absolute atomic E-state index is 0. The minimum atomic E-state index is -0.190. The van der Waals surface area contributed by atoms with Crippen molar-refractivity contribution in [2.24, 2.45) is 4.99 Å². The fourth-order valence-electron chi connectivity index (χ4n) is 2.90. The Balaban J connectivity index is 0.00000300. The summed E-state index contributed by atoms with van der Waals surface area (Å²) in [5.41, 5.74) is 3.71. The number of para-hydroxylation sites is 1. The van der Waals surface area contributed by atoms with Crippen LogP contribution in [0.3, 0.4) is 0 Å². The number of guanidine groups is 1. The summed E-state index contributed by atoms with van der Waals surface area (Å²) in [6.45, 7) is 4.47. The first kappa shape index (κ1) is 22.9. The van der Waals surface area contributed by atoms with Crippen LogP contribution in [0.15, 0.2) is 65.9 Å². The summed E-state index contributed by atoms with van der Waals surface area (Å²) < 4.78 is 15.7. The number of benzene rings is 2. The van der Waals surface area contributed by atoms with Crippen molar-refractivity contribution in [3.63, 3.8) is 0 Å². The average Bonchev–Trinajstić information content (AvgIpc) is 3.18. The van der Waals surface area contributed by atoms with E-state index in [1.165, 1.54) is 0 Å². The molecule has 1 unspecified atom stereocenters. The Morgan fingerprint density at radius 3 is 2.66 bits per heavy atom. The molecular formula is C22H27FIN5. The van der Waals surface area contributed by atoms with Gasteiger partial charge in [0.25, 0.3) is 0 Å². The van der Waals surface area contributed by atoms with Crippen LogP contribution in [0.2, 0.25) is 0 Å². The average molecular weight is 507 g/mol. The van der Waals surface area contributed by atoms with Gasteiger partial charge in [0.05, 0.1) is 17.9 Å². The molecule has 1 aromatic heterocycles. The Morgan fingerprint density at radius 2 is 1.97 bits per heavy atom. The molecule has 5 nitrogen and oxygen atoms in total. The molecule has 0 fully saturated rings. The summed E-state index contributed by atoms with van der Waals surface area (Å²) in [6.07, 6.45) is 4.73. The summed E-state index contributed by atoms with van der Waals surface area (Å²) in [6, 6.07) is 15.3. The number of hydrogen-bond acceptors (Lipinski definition) is 2. The van der Waals surface area contributed by atoms with E-state index in [4.69, 9.17) is 0 Å². The Bertz CT molecular complexity index is 939. The number of rotatable bonds is 6. The van der Waals surface area contributed by atoms with Crippen molar-refractivity contribution >= 4 is 29.9 Å². The highest BCUT2D eigenvalue weighted by Gasteiger charge is 2.10. The number of nitrogens with zero attached hydrogens (tertiary/aromatic N) is 3. The van der Waals surface area contributed by atoms with Crippen molar-refractivity contribution in [3.05, 3.63) is 83.4 Å². The number of hydrogen-bond donors (Lipinski definition) is 2. The molecule has 1 atom stereocenters. The van der Waals surface area contributed by atoms with E-state index in [2.05, 4.69) is 20.7 Å². The molecule has 0 radical (unpaired) electrons. The molecule has 29 heavy (non-hydrogen) atoms. The predicted octanol–water partition coefficient (Wildman–Crippen LogP) is 4.41. The summed E-state index contributed by atoms with van der Waals surface area (Å²) in [4.78, 5) is 4.26. The van der Waals surface area contributed by atoms with Crippen molar-refractivity contribution in [3.8, 4) is 5.69 Å². The molecule has 154 valence electrons. The lowest BCUT2D eigenvalue weighted by Gasteiger charge is -2.18. The number of halogens is 2. The Kier molecular flexibility index (Phi) is 8.63. The highest BCUT2D eigenvalue weighted by atomic mass is 127. The Labute approximate surface area is 188 Å². The molecule has 7 heteroatoms. The molecule has 0 aliphatic heterocycles. The van der Waals surface area contributed by atoms with Crippen LogP contribution < -0.4 is 10.6 Å². The van der Waals surface area contributed by atoms with Crippen molar-refractivity contribution < 1.29 is 4.39 Å². The number of aryl methyl sites for hydroxylation is 1. The smallest absolute Gasteiger partial charge is 0.191 e. The normalized spacial score (nSPS) is 12.2. The van der Waals surface area contributed by atoms with Crippen LogP contribution in [0.25, 0.3) is 5.69 Å². The predicted molar refractivity (Wildman–Crippen MR) is 127 cm³/mol. The second-order valence-electron chi connectivity index (χ2n) is 6.75. The first-order valence-corrected chi connectivity index (χ1v) is 9.39. The van der Waals surface area contributed by atoms with Gasteiger partial charge in [-0.3, -0.25) is 4.99 Å². The first-order valence-electron chi connectivity index (χ1n) is 9.39. The fourth-order valence-corrected chi connectivity index (χ4v) is 2.90. The standard InChI is InChI=1S/C22H26FN5.HI/c1-16-9-10-19(13-21(16)23)17(2)27-22(24-3)25-12-11-18-14-26-28(15-18)20-7-5-4-6-8-20;/h4-10,13-15,17H,11-12H2,1-3H3,(H2,24,25,27);1H. The zero-order valence-electron chi connectivity index (χ0n) is 16.9. The van der Waals surface area contributed by atoms with E-state index in [1.54, 1.807) is 26.1 Å². The number of aromatic nitrogens is 2. The van der Waals surface area contributed by atoms with Gasteiger partial charge in [-0.15, -0.1) is 24.0 Å². The quantitative estimate of drug-likeness (QED) is 0.296. The Hall–Kier alpha value is -2.42. The first-order chi connectivity index (χ1) is 13.6. The second-order valence-corrected chi connectivity index (χ2v) is 6.75. The van der Waals surface area contributed by atoms with E-state index in [9.17, 15) is 4.39 Å². The van der Waals surface area contributed by atoms with Crippen LogP contribution in [-0.4, -0.2) is 29.3 Å². The largest absolute Gasteiger partial charge is 0.356 e. The lowest BCUT2D eigenvalue weighted by atomic mass is 10.1. The van der Waals surface area contributed by atoms with Crippen molar-refractivity contribution in [1.82, 2.24) is 20.4 Å². The van der Waals surface area contributed by atoms with Crippen LogP contribution in [0.1, 0.15) is 29.7 Å². The molecule has 0 amide bonds. The number of aliphatic imine (C=N–C) groups is 1. The fraction of sp³-hybridized carbons (Fsp3) is 0.273. The van der Waals surface area contributed by atoms with Gasteiger partial charge in [0.2, 0.25) is 0 Å². The molecule has 0 saturated heterocycles. The van der Waals surface area contributed by atoms with Crippen molar-refractivity contribution in [2.45, 2.75) is 26.3 Å². The van der Waals surface area contributed by atoms with E-state index in [0.29, 0.717) is 11.5 Å². The van der Waals surface area contributed by atoms with E-state index in [1.807, 2.05) is 60.4 Å². The van der Waals surface area contributed by atoms with Gasteiger partial charge >= 0.3 is 0 Å². The molecule has 1 heterocycles. The van der Waals surface area contributed by atoms with Gasteiger partial charge in [-0.25, -0.2) is 9.07 Å². The minimum Gasteiger partial charge on any atom is -0.356 e. The van der Waals surface area contributed by atoms with E-state index < -0.39 is 0 Å². The maximum Gasteiger partial charge on any atom is 0.191 e. The zero-order chi connectivity index (χ0) is 19.9. The lowest BCUT2D eigenvalue weighted by Crippen LogP contribution is -2.39. The van der Waals surface area contributed by atoms with Crippen LogP contribution in [-0.2, 0) is 6.42 Å². The monoisotopic (exact) mass is 507 g/mol. The molecule has 2 N–H and O–H groups in total. The van der Waals surface area contributed by atoms with Gasteiger partial charge in [0.15, 0.2) is 5.96 Å². The van der Waals surface area contributed by atoms with E-state index in [-0.39, 0.29) is 35.8 Å². The van der Waals surface area contributed by atoms with Crippen LogP contribution in [0.5, 0.6) is 0 Å². The molecule has 3 rings (SSSR count). The van der Waals surface area contributed by atoms with Crippen LogP contribution >= 0.6 is 24.0 Å². The molecular weight excluding hydrogens is 480 g/mol. The summed E-state index contributed by atoms with van der Waals surface area (Å²) >= 11 is 0. The maximum absolute atomic E-state index is 13.8. The van der Waals surface area contributed by atoms with Crippen LogP contribution in [0.4, 0.5) is 4.39 Å². The third kappa shape index (κ3) is 6.28. The van der Waals surface area contributed by atoms with E-state index >= 15 is 0 Å². The third-order valence-electron chi connectivity index (χ3n) is 4.64. The van der Waals surface area contributed by atoms with E-state index in [0.717, 1.165) is 29.8 Å². The molecule has 0 aliphatic rings. The summed E-state index contributed by atoms with van der Waals surface area (Å²) in [7, 11) is 1.73. The number of nitrogens with one attached hydrogen (secondary N) is 2. The van der Waals surface area contributed by atoms with Gasteiger partial charge in [0, 0.05) is 19.8 Å². The molecule has 2 aromatic carbocycles. The SMILES string of the molecule is CN=C(NCCc1cnn(-c2ccccc2)c1)NC(C)c1ccc(C)c(F)c1.I. The molecule has 0 saturated carbocycles. The van der Waals surface area contributed by atoms with Crippen molar-refractivity contribution in [1.29, 1.82) is 0 Å². The van der Waals surface area contributed by atoms with Gasteiger partial charge in [-0.1, -0.05) is 30.3 Å². The maximum atomic E-state index is 13.8. The van der Waals surface area contributed by atoms with Crippen LogP contribution in [0, 0.1) is 12.7 Å². The highest BCUT2D eigenvalue weighted by molar-refractivity contribution is 14.0. The second kappa shape index (κ2) is 10.9. The molecule has 0 bridgehead atoms. The topological polar surface area (TPSA) is 54.2 Å². The summed E-state index contributed by atoms with van der Waals surface area (Å²) in [5, 5.41) is 11.0. The Morgan fingerprint density at radius 1 is 1.21 bits per heavy atom. The highest BCUT2D eigenvalue weighted by Crippen LogP contribution is 2.16. The molecule has 3 aromatic rings. The third-order valence-corrected chi connectivity index (χ3v) is 4.64.